The topological polar surface area (TPSA) is 69.9 Å². The molecule has 2 N–H and O–H groups in total. The zero-order valence-corrected chi connectivity index (χ0v) is 4.66. The Morgan fingerprint density at radius 1 is 1.50 bits per heavy atom. The number of nitroso groups, excluding NO2 is 1. The maximum absolute atomic E-state index is 9.72. The maximum atomic E-state index is 9.72. The Hall–Kier alpha value is -0.480. The molecule has 0 fully saturated rings. The lowest BCUT2D eigenvalue weighted by atomic mass is 10.1. The van der Waals surface area contributed by atoms with Crippen LogP contribution in [0.15, 0.2) is 5.18 Å². The van der Waals surface area contributed by atoms with Crippen LogP contribution in [0.3, 0.4) is 0 Å². The van der Waals surface area contributed by atoms with E-state index < -0.39 is 18.8 Å². The molecule has 0 rings (SSSR count). The van der Waals surface area contributed by atoms with Gasteiger partial charge in [-0.2, -0.15) is 4.91 Å². The first-order valence-corrected chi connectivity index (χ1v) is 2.25. The first kappa shape index (κ1) is 7.52. The lowest BCUT2D eigenvalue weighted by Crippen LogP contribution is -2.30. The normalized spacial score (nSPS) is 11.4. The van der Waals surface area contributed by atoms with Crippen molar-refractivity contribution in [2.24, 2.45) is 5.18 Å². The average molecular weight is 119 g/mol. The Labute approximate surface area is 47.1 Å². The largest absolute Gasteiger partial charge is 0.394 e. The van der Waals surface area contributed by atoms with Crippen LogP contribution in [-0.4, -0.2) is 29.0 Å². The van der Waals surface area contributed by atoms with E-state index in [2.05, 4.69) is 5.18 Å². The summed E-state index contributed by atoms with van der Waals surface area (Å²) in [5, 5.41) is 19.2. The molecule has 0 aliphatic carbocycles. The summed E-state index contributed by atoms with van der Waals surface area (Å²) in [5.41, 5.74) is -1.19. The van der Waals surface area contributed by atoms with Crippen LogP contribution in [0, 0.1) is 4.91 Å². The molecule has 0 saturated carbocycles. The van der Waals surface area contributed by atoms with Crippen LogP contribution in [0.5, 0.6) is 0 Å². The van der Waals surface area contributed by atoms with Crippen molar-refractivity contribution in [1.29, 1.82) is 0 Å². The molecular formula is C4H9NO3. The first-order chi connectivity index (χ1) is 3.68. The molecule has 0 aliphatic heterocycles. The van der Waals surface area contributed by atoms with Crippen LogP contribution in [-0.2, 0) is 0 Å². The second-order valence-corrected chi connectivity index (χ2v) is 1.90. The SMILES string of the molecule is CC(CO)(CO)N=O. The van der Waals surface area contributed by atoms with Gasteiger partial charge in [0.1, 0.15) is 5.54 Å². The standard InChI is InChI=1S/C4H9NO3/c1-4(2-6,3-7)5-8/h6-7H,2-3H2,1H3. The van der Waals surface area contributed by atoms with Gasteiger partial charge in [-0.3, -0.25) is 0 Å². The molecule has 48 valence electrons. The van der Waals surface area contributed by atoms with E-state index in [9.17, 15) is 4.91 Å². The van der Waals surface area contributed by atoms with E-state index in [0.717, 1.165) is 0 Å². The Morgan fingerprint density at radius 2 is 1.88 bits per heavy atom. The number of rotatable bonds is 3. The van der Waals surface area contributed by atoms with E-state index in [1.54, 1.807) is 0 Å². The quantitative estimate of drug-likeness (QED) is 0.492. The lowest BCUT2D eigenvalue weighted by Gasteiger charge is -2.12. The summed E-state index contributed by atoms with van der Waals surface area (Å²) >= 11 is 0. The molecule has 8 heavy (non-hydrogen) atoms. The molecule has 0 saturated heterocycles. The Morgan fingerprint density at radius 3 is 1.88 bits per heavy atom. The van der Waals surface area contributed by atoms with Crippen molar-refractivity contribution in [3.63, 3.8) is 0 Å². The molecule has 0 unspecified atom stereocenters. The average Bonchev–Trinajstić information content (AvgIpc) is 1.87. The van der Waals surface area contributed by atoms with Crippen molar-refractivity contribution in [3.05, 3.63) is 4.91 Å². The summed E-state index contributed by atoms with van der Waals surface area (Å²) in [4.78, 5) is 9.72. The van der Waals surface area contributed by atoms with E-state index in [4.69, 9.17) is 10.2 Å². The highest BCUT2D eigenvalue weighted by atomic mass is 16.3. The van der Waals surface area contributed by atoms with E-state index in [1.165, 1.54) is 6.92 Å². The summed E-state index contributed by atoms with van der Waals surface area (Å²) in [6.07, 6.45) is 0. The lowest BCUT2D eigenvalue weighted by molar-refractivity contribution is 0.134. The molecule has 0 radical (unpaired) electrons. The van der Waals surface area contributed by atoms with Gasteiger partial charge in [0.2, 0.25) is 0 Å². The van der Waals surface area contributed by atoms with Gasteiger partial charge in [-0.25, -0.2) is 0 Å². The third kappa shape index (κ3) is 1.55. The van der Waals surface area contributed by atoms with Gasteiger partial charge in [0, 0.05) is 0 Å². The van der Waals surface area contributed by atoms with Gasteiger partial charge in [0.25, 0.3) is 0 Å². The summed E-state index contributed by atoms with van der Waals surface area (Å²) in [7, 11) is 0. The highest BCUT2D eigenvalue weighted by Gasteiger charge is 2.22. The minimum Gasteiger partial charge on any atom is -0.394 e. The second kappa shape index (κ2) is 2.74. The summed E-state index contributed by atoms with van der Waals surface area (Å²) in [5.74, 6) is 0. The van der Waals surface area contributed by atoms with Crippen molar-refractivity contribution in [2.45, 2.75) is 12.5 Å². The molecular weight excluding hydrogens is 110 g/mol. The molecule has 0 aliphatic rings. The highest BCUT2D eigenvalue weighted by Crippen LogP contribution is 2.05. The molecule has 0 bridgehead atoms. The van der Waals surface area contributed by atoms with Gasteiger partial charge in [-0.15, -0.1) is 0 Å². The van der Waals surface area contributed by atoms with Gasteiger partial charge in [0.15, 0.2) is 0 Å². The van der Waals surface area contributed by atoms with Gasteiger partial charge in [0.05, 0.1) is 13.2 Å². The zero-order valence-electron chi connectivity index (χ0n) is 4.66. The minimum atomic E-state index is -1.19. The smallest absolute Gasteiger partial charge is 0.145 e. The molecule has 4 heteroatoms. The van der Waals surface area contributed by atoms with Crippen LogP contribution >= 0.6 is 0 Å². The van der Waals surface area contributed by atoms with Crippen molar-refractivity contribution >= 4 is 0 Å². The van der Waals surface area contributed by atoms with Crippen molar-refractivity contribution in [2.75, 3.05) is 13.2 Å². The first-order valence-electron chi connectivity index (χ1n) is 2.25. The van der Waals surface area contributed by atoms with E-state index in [-0.39, 0.29) is 0 Å². The molecule has 0 spiro atoms. The van der Waals surface area contributed by atoms with Gasteiger partial charge >= 0.3 is 0 Å². The Bertz CT molecular complexity index is 79.4. The van der Waals surface area contributed by atoms with E-state index in [0.29, 0.717) is 0 Å². The fourth-order valence-electron chi connectivity index (χ4n) is 0.108. The van der Waals surface area contributed by atoms with Crippen LogP contribution in [0.4, 0.5) is 0 Å². The molecule has 4 nitrogen and oxygen atoms in total. The number of nitrogens with zero attached hydrogens (tertiary/aromatic N) is 1. The molecule has 0 aromatic heterocycles. The fraction of sp³-hybridized carbons (Fsp3) is 1.00. The number of aliphatic hydroxyl groups is 2. The van der Waals surface area contributed by atoms with Gasteiger partial charge in [-0.05, 0) is 6.92 Å². The molecule has 0 amide bonds. The number of hydrogen-bond acceptors (Lipinski definition) is 4. The van der Waals surface area contributed by atoms with Crippen molar-refractivity contribution in [1.82, 2.24) is 0 Å². The molecule has 0 aromatic rings. The zero-order chi connectivity index (χ0) is 6.62. The third-order valence-corrected chi connectivity index (χ3v) is 0.902. The van der Waals surface area contributed by atoms with Crippen LogP contribution in [0.1, 0.15) is 6.92 Å². The third-order valence-electron chi connectivity index (χ3n) is 0.902. The monoisotopic (exact) mass is 119 g/mol. The summed E-state index contributed by atoms with van der Waals surface area (Å²) in [6, 6.07) is 0. The molecule has 0 atom stereocenters. The number of aliphatic hydroxyl groups excluding tert-OH is 2. The minimum absolute atomic E-state index is 0.410. The van der Waals surface area contributed by atoms with Gasteiger partial charge in [-0.1, -0.05) is 5.18 Å². The molecule has 0 aromatic carbocycles. The van der Waals surface area contributed by atoms with E-state index in [1.807, 2.05) is 0 Å². The van der Waals surface area contributed by atoms with Crippen molar-refractivity contribution < 1.29 is 10.2 Å². The van der Waals surface area contributed by atoms with Crippen molar-refractivity contribution in [3.8, 4) is 0 Å². The predicted octanol–water partition coefficient (Wildman–Crippen LogP) is -0.504. The van der Waals surface area contributed by atoms with Crippen LogP contribution < -0.4 is 0 Å². The maximum Gasteiger partial charge on any atom is 0.145 e. The fourth-order valence-corrected chi connectivity index (χ4v) is 0.108. The second-order valence-electron chi connectivity index (χ2n) is 1.90. The summed E-state index contributed by atoms with van der Waals surface area (Å²) in [6.45, 7) is 0.556. The van der Waals surface area contributed by atoms with Crippen LogP contribution in [0.25, 0.3) is 0 Å². The van der Waals surface area contributed by atoms with Crippen LogP contribution in [0.2, 0.25) is 0 Å². The Balaban J connectivity index is 3.76. The Kier molecular flexibility index (Phi) is 2.57. The van der Waals surface area contributed by atoms with Gasteiger partial charge < -0.3 is 10.2 Å². The number of hydrogen-bond donors (Lipinski definition) is 2. The highest BCUT2D eigenvalue weighted by molar-refractivity contribution is 4.79. The molecule has 0 heterocycles. The summed E-state index contributed by atoms with van der Waals surface area (Å²) < 4.78 is 0. The van der Waals surface area contributed by atoms with E-state index >= 15 is 0 Å². The predicted molar refractivity (Wildman–Crippen MR) is 28.4 cm³/mol.